The first kappa shape index (κ1) is 13.8. The molecule has 3 atom stereocenters. The van der Waals surface area contributed by atoms with E-state index in [2.05, 4.69) is 45.0 Å². The van der Waals surface area contributed by atoms with Crippen molar-refractivity contribution >= 4 is 16.5 Å². The van der Waals surface area contributed by atoms with E-state index in [4.69, 9.17) is 4.98 Å². The van der Waals surface area contributed by atoms with Crippen LogP contribution in [0.25, 0.3) is 0 Å². The predicted octanol–water partition coefficient (Wildman–Crippen LogP) is 3.21. The number of nitrogens with one attached hydrogen (secondary N) is 1. The monoisotopic (exact) mass is 267 g/mol. The van der Waals surface area contributed by atoms with E-state index in [9.17, 15) is 0 Å². The molecular weight excluding hydrogens is 242 g/mol. The van der Waals surface area contributed by atoms with Crippen LogP contribution in [0, 0.1) is 18.8 Å². The van der Waals surface area contributed by atoms with E-state index in [-0.39, 0.29) is 0 Å². The summed E-state index contributed by atoms with van der Waals surface area (Å²) < 4.78 is 0. The summed E-state index contributed by atoms with van der Waals surface area (Å²) in [4.78, 5) is 8.43. The van der Waals surface area contributed by atoms with E-state index >= 15 is 0 Å². The molecule has 3 unspecified atom stereocenters. The SMILES string of the molecule is CCNC(C)c1sc(N(C)CC2CC2C)nc1C. The van der Waals surface area contributed by atoms with Crippen LogP contribution < -0.4 is 10.2 Å². The van der Waals surface area contributed by atoms with E-state index in [0.29, 0.717) is 6.04 Å². The van der Waals surface area contributed by atoms with Crippen LogP contribution in [0.2, 0.25) is 0 Å². The maximum absolute atomic E-state index is 4.72. The highest BCUT2D eigenvalue weighted by molar-refractivity contribution is 7.15. The fraction of sp³-hybridized carbons (Fsp3) is 0.786. The van der Waals surface area contributed by atoms with Crippen molar-refractivity contribution in [1.82, 2.24) is 10.3 Å². The Labute approximate surface area is 115 Å². The second-order valence-electron chi connectivity index (χ2n) is 5.58. The Hall–Kier alpha value is -0.610. The number of anilines is 1. The zero-order valence-corrected chi connectivity index (χ0v) is 13.0. The average molecular weight is 267 g/mol. The number of nitrogens with zero attached hydrogens (tertiary/aromatic N) is 2. The van der Waals surface area contributed by atoms with Gasteiger partial charge in [-0.15, -0.1) is 11.3 Å². The molecular formula is C14H25N3S. The summed E-state index contributed by atoms with van der Waals surface area (Å²) in [5, 5.41) is 4.64. The van der Waals surface area contributed by atoms with Crippen molar-refractivity contribution < 1.29 is 0 Å². The molecule has 0 aromatic carbocycles. The van der Waals surface area contributed by atoms with E-state index in [0.717, 1.165) is 24.9 Å². The third kappa shape index (κ3) is 3.04. The zero-order chi connectivity index (χ0) is 13.3. The van der Waals surface area contributed by atoms with Gasteiger partial charge >= 0.3 is 0 Å². The Morgan fingerprint density at radius 3 is 2.78 bits per heavy atom. The molecule has 4 heteroatoms. The maximum Gasteiger partial charge on any atom is 0.185 e. The lowest BCUT2D eigenvalue weighted by molar-refractivity contribution is 0.603. The van der Waals surface area contributed by atoms with E-state index in [1.54, 1.807) is 0 Å². The molecule has 18 heavy (non-hydrogen) atoms. The summed E-state index contributed by atoms with van der Waals surface area (Å²) in [6.45, 7) is 11.0. The predicted molar refractivity (Wildman–Crippen MR) is 79.5 cm³/mol. The molecule has 1 aliphatic rings. The van der Waals surface area contributed by atoms with Crippen molar-refractivity contribution in [3.8, 4) is 0 Å². The molecule has 1 N–H and O–H groups in total. The van der Waals surface area contributed by atoms with Crippen molar-refractivity contribution in [2.75, 3.05) is 25.0 Å². The molecule has 1 heterocycles. The van der Waals surface area contributed by atoms with E-state index in [1.165, 1.54) is 22.1 Å². The Morgan fingerprint density at radius 1 is 1.56 bits per heavy atom. The van der Waals surface area contributed by atoms with Gasteiger partial charge in [0.1, 0.15) is 0 Å². The van der Waals surface area contributed by atoms with Crippen LogP contribution in [0.1, 0.15) is 43.8 Å². The van der Waals surface area contributed by atoms with Crippen LogP contribution in [-0.4, -0.2) is 25.1 Å². The standard InChI is InChI=1S/C14H25N3S/c1-6-15-10(3)13-11(4)16-14(18-13)17(5)8-12-7-9(12)2/h9-10,12,15H,6-8H2,1-5H3. The number of aromatic nitrogens is 1. The first-order chi connectivity index (χ1) is 8.52. The molecule has 1 aromatic heterocycles. The number of hydrogen-bond donors (Lipinski definition) is 1. The molecule has 0 bridgehead atoms. The van der Waals surface area contributed by atoms with E-state index in [1.807, 2.05) is 11.3 Å². The number of rotatable bonds is 6. The van der Waals surface area contributed by atoms with Gasteiger partial charge in [-0.05, 0) is 38.6 Å². The Morgan fingerprint density at radius 2 is 2.22 bits per heavy atom. The Bertz CT molecular complexity index is 402. The molecule has 1 saturated carbocycles. The minimum atomic E-state index is 0.412. The van der Waals surface area contributed by atoms with Crippen LogP contribution in [0.3, 0.4) is 0 Å². The molecule has 3 nitrogen and oxygen atoms in total. The first-order valence-corrected chi connectivity index (χ1v) is 7.76. The summed E-state index contributed by atoms with van der Waals surface area (Å²) in [5.41, 5.74) is 1.18. The second kappa shape index (κ2) is 5.57. The minimum absolute atomic E-state index is 0.412. The third-order valence-corrected chi connectivity index (χ3v) is 5.29. The highest BCUT2D eigenvalue weighted by Crippen LogP contribution is 2.39. The van der Waals surface area contributed by atoms with Gasteiger partial charge in [-0.1, -0.05) is 13.8 Å². The van der Waals surface area contributed by atoms with Crippen LogP contribution >= 0.6 is 11.3 Å². The van der Waals surface area contributed by atoms with Crippen molar-refractivity contribution in [1.29, 1.82) is 0 Å². The van der Waals surface area contributed by atoms with Crippen molar-refractivity contribution in [2.24, 2.45) is 11.8 Å². The lowest BCUT2D eigenvalue weighted by atomic mass is 10.2. The van der Waals surface area contributed by atoms with Gasteiger partial charge in [-0.25, -0.2) is 4.98 Å². The van der Waals surface area contributed by atoms with Crippen molar-refractivity contribution in [3.05, 3.63) is 10.6 Å². The highest BCUT2D eigenvalue weighted by Gasteiger charge is 2.33. The molecule has 102 valence electrons. The van der Waals surface area contributed by atoms with Gasteiger partial charge in [0, 0.05) is 24.5 Å². The number of aryl methyl sites for hydroxylation is 1. The van der Waals surface area contributed by atoms with Crippen LogP contribution in [0.5, 0.6) is 0 Å². The van der Waals surface area contributed by atoms with Gasteiger partial charge in [0.25, 0.3) is 0 Å². The molecule has 1 fully saturated rings. The number of hydrogen-bond acceptors (Lipinski definition) is 4. The third-order valence-electron chi connectivity index (χ3n) is 3.84. The van der Waals surface area contributed by atoms with E-state index < -0.39 is 0 Å². The van der Waals surface area contributed by atoms with Gasteiger partial charge in [-0.2, -0.15) is 0 Å². The van der Waals surface area contributed by atoms with Crippen molar-refractivity contribution in [2.45, 2.75) is 40.2 Å². The largest absolute Gasteiger partial charge is 0.351 e. The average Bonchev–Trinajstić information content (AvgIpc) is 2.85. The molecule has 1 aliphatic carbocycles. The molecule has 0 radical (unpaired) electrons. The molecule has 0 spiro atoms. The Kier molecular flexibility index (Phi) is 4.28. The summed E-state index contributed by atoms with van der Waals surface area (Å²) in [6.07, 6.45) is 1.38. The van der Waals surface area contributed by atoms with Gasteiger partial charge < -0.3 is 10.2 Å². The summed E-state index contributed by atoms with van der Waals surface area (Å²) in [6, 6.07) is 0.412. The van der Waals surface area contributed by atoms with Crippen LogP contribution in [-0.2, 0) is 0 Å². The molecule has 0 amide bonds. The second-order valence-corrected chi connectivity index (χ2v) is 6.59. The maximum atomic E-state index is 4.72. The number of thiazole rings is 1. The quantitative estimate of drug-likeness (QED) is 0.858. The topological polar surface area (TPSA) is 28.2 Å². The van der Waals surface area contributed by atoms with Crippen LogP contribution in [0.15, 0.2) is 0 Å². The Balaban J connectivity index is 2.02. The lowest BCUT2D eigenvalue weighted by Gasteiger charge is -2.15. The molecule has 0 aliphatic heterocycles. The normalized spacial score (nSPS) is 24.1. The van der Waals surface area contributed by atoms with Gasteiger partial charge in [0.2, 0.25) is 0 Å². The molecule has 0 saturated heterocycles. The molecule has 2 rings (SSSR count). The van der Waals surface area contributed by atoms with Gasteiger partial charge in [-0.3, -0.25) is 0 Å². The fourth-order valence-corrected chi connectivity index (χ4v) is 3.50. The summed E-state index contributed by atoms with van der Waals surface area (Å²) in [5.74, 6) is 1.79. The summed E-state index contributed by atoms with van der Waals surface area (Å²) in [7, 11) is 2.17. The fourth-order valence-electron chi connectivity index (χ4n) is 2.44. The smallest absolute Gasteiger partial charge is 0.185 e. The lowest BCUT2D eigenvalue weighted by Crippen LogP contribution is -2.20. The zero-order valence-electron chi connectivity index (χ0n) is 12.2. The first-order valence-electron chi connectivity index (χ1n) is 6.94. The van der Waals surface area contributed by atoms with Gasteiger partial charge in [0.15, 0.2) is 5.13 Å². The summed E-state index contributed by atoms with van der Waals surface area (Å²) >= 11 is 1.84. The highest BCUT2D eigenvalue weighted by atomic mass is 32.1. The van der Waals surface area contributed by atoms with Crippen molar-refractivity contribution in [3.63, 3.8) is 0 Å². The van der Waals surface area contributed by atoms with Crippen LogP contribution in [0.4, 0.5) is 5.13 Å². The molecule has 1 aromatic rings. The minimum Gasteiger partial charge on any atom is -0.351 e. The van der Waals surface area contributed by atoms with Gasteiger partial charge in [0.05, 0.1) is 5.69 Å².